The molecular weight excluding hydrogens is 354 g/mol. The van der Waals surface area contributed by atoms with Gasteiger partial charge in [0, 0.05) is 13.1 Å². The summed E-state index contributed by atoms with van der Waals surface area (Å²) >= 11 is 6.20. The third-order valence-corrected chi connectivity index (χ3v) is 5.36. The lowest BCUT2D eigenvalue weighted by molar-refractivity contribution is -0.145. The fourth-order valence-corrected chi connectivity index (χ4v) is 3.76. The molecule has 1 N–H and O–H groups in total. The van der Waals surface area contributed by atoms with Gasteiger partial charge in [-0.25, -0.2) is 0 Å². The first-order valence-electron chi connectivity index (χ1n) is 8.40. The topological polar surface area (TPSA) is 66.8 Å². The SMILES string of the molecule is COc1cccc(Cl)c1C(=O)N1CCC(C(=O)O)(c2ccccc2)CC1. The monoisotopic (exact) mass is 373 g/mol. The molecule has 0 aliphatic carbocycles. The summed E-state index contributed by atoms with van der Waals surface area (Å²) in [6.07, 6.45) is 0.704. The molecule has 26 heavy (non-hydrogen) atoms. The van der Waals surface area contributed by atoms with Gasteiger partial charge < -0.3 is 14.7 Å². The van der Waals surface area contributed by atoms with E-state index in [1.807, 2.05) is 30.3 Å². The van der Waals surface area contributed by atoms with Crippen LogP contribution in [0.25, 0.3) is 0 Å². The highest BCUT2D eigenvalue weighted by molar-refractivity contribution is 6.34. The number of carbonyl (C=O) groups excluding carboxylic acids is 1. The number of rotatable bonds is 4. The summed E-state index contributed by atoms with van der Waals surface area (Å²) in [5.74, 6) is -0.675. The van der Waals surface area contributed by atoms with Gasteiger partial charge in [0.05, 0.1) is 17.5 Å². The Balaban J connectivity index is 1.84. The third-order valence-electron chi connectivity index (χ3n) is 5.05. The van der Waals surface area contributed by atoms with Crippen molar-refractivity contribution in [2.75, 3.05) is 20.2 Å². The van der Waals surface area contributed by atoms with Crippen LogP contribution in [0.2, 0.25) is 5.02 Å². The number of aliphatic carboxylic acids is 1. The van der Waals surface area contributed by atoms with Crippen molar-refractivity contribution in [3.05, 3.63) is 64.7 Å². The van der Waals surface area contributed by atoms with Gasteiger partial charge in [0.15, 0.2) is 0 Å². The number of hydrogen-bond acceptors (Lipinski definition) is 3. The molecule has 0 aromatic heterocycles. The van der Waals surface area contributed by atoms with Gasteiger partial charge >= 0.3 is 5.97 Å². The summed E-state index contributed by atoms with van der Waals surface area (Å²) in [7, 11) is 1.49. The van der Waals surface area contributed by atoms with Gasteiger partial charge in [-0.1, -0.05) is 48.0 Å². The standard InChI is InChI=1S/C20H20ClNO4/c1-26-16-9-5-8-15(21)17(16)18(23)22-12-10-20(11-13-22,19(24)25)14-6-3-2-4-7-14/h2-9H,10-13H2,1H3,(H,24,25). The van der Waals surface area contributed by atoms with E-state index in [2.05, 4.69) is 0 Å². The molecule has 1 fully saturated rings. The van der Waals surface area contributed by atoms with Crippen molar-refractivity contribution in [1.82, 2.24) is 4.90 Å². The molecule has 1 aliphatic rings. The normalized spacial score (nSPS) is 16.2. The van der Waals surface area contributed by atoms with Gasteiger partial charge in [-0.2, -0.15) is 0 Å². The van der Waals surface area contributed by atoms with Crippen molar-refractivity contribution < 1.29 is 19.4 Å². The number of carboxylic acids is 1. The second kappa shape index (κ2) is 7.38. The number of carbonyl (C=O) groups is 2. The summed E-state index contributed by atoms with van der Waals surface area (Å²) in [4.78, 5) is 26.6. The Kier molecular flexibility index (Phi) is 5.18. The summed E-state index contributed by atoms with van der Waals surface area (Å²) in [5, 5.41) is 10.2. The Bertz CT molecular complexity index is 814. The smallest absolute Gasteiger partial charge is 0.314 e. The molecule has 0 unspecified atom stereocenters. The Hall–Kier alpha value is -2.53. The molecular formula is C20H20ClNO4. The van der Waals surface area contributed by atoms with E-state index in [0.29, 0.717) is 42.3 Å². The molecule has 136 valence electrons. The number of hydrogen-bond donors (Lipinski definition) is 1. The number of ether oxygens (including phenoxy) is 1. The van der Waals surface area contributed by atoms with E-state index < -0.39 is 11.4 Å². The molecule has 0 atom stereocenters. The van der Waals surface area contributed by atoms with Crippen LogP contribution < -0.4 is 4.74 Å². The molecule has 0 radical (unpaired) electrons. The lowest BCUT2D eigenvalue weighted by Gasteiger charge is -2.39. The molecule has 0 saturated carbocycles. The minimum absolute atomic E-state index is 0.237. The fraction of sp³-hybridized carbons (Fsp3) is 0.300. The van der Waals surface area contributed by atoms with Crippen LogP contribution in [0.15, 0.2) is 48.5 Å². The van der Waals surface area contributed by atoms with Crippen LogP contribution in [0, 0.1) is 0 Å². The quantitative estimate of drug-likeness (QED) is 0.889. The van der Waals surface area contributed by atoms with Crippen molar-refractivity contribution in [2.45, 2.75) is 18.3 Å². The maximum absolute atomic E-state index is 12.9. The van der Waals surface area contributed by atoms with E-state index in [1.165, 1.54) is 7.11 Å². The van der Waals surface area contributed by atoms with Crippen molar-refractivity contribution in [3.63, 3.8) is 0 Å². The number of methoxy groups -OCH3 is 1. The third kappa shape index (κ3) is 3.15. The van der Waals surface area contributed by atoms with Crippen molar-refractivity contribution >= 4 is 23.5 Å². The summed E-state index contributed by atoms with van der Waals surface area (Å²) < 4.78 is 5.26. The number of piperidine rings is 1. The first-order chi connectivity index (χ1) is 12.5. The highest BCUT2D eigenvalue weighted by Gasteiger charge is 2.44. The lowest BCUT2D eigenvalue weighted by Crippen LogP contribution is -2.49. The zero-order chi connectivity index (χ0) is 18.7. The van der Waals surface area contributed by atoms with Crippen molar-refractivity contribution in [1.29, 1.82) is 0 Å². The zero-order valence-electron chi connectivity index (χ0n) is 14.4. The number of likely N-dealkylation sites (tertiary alicyclic amines) is 1. The second-order valence-electron chi connectivity index (χ2n) is 6.36. The number of halogens is 1. The molecule has 1 aliphatic heterocycles. The Labute approximate surface area is 157 Å². The highest BCUT2D eigenvalue weighted by atomic mass is 35.5. The highest BCUT2D eigenvalue weighted by Crippen LogP contribution is 2.37. The first-order valence-corrected chi connectivity index (χ1v) is 8.78. The summed E-state index contributed by atoms with van der Waals surface area (Å²) in [6, 6.07) is 14.3. The van der Waals surface area contributed by atoms with E-state index in [1.54, 1.807) is 23.1 Å². The fourth-order valence-electron chi connectivity index (χ4n) is 3.51. The van der Waals surface area contributed by atoms with Gasteiger partial charge in [-0.15, -0.1) is 0 Å². The van der Waals surface area contributed by atoms with E-state index >= 15 is 0 Å². The molecule has 5 nitrogen and oxygen atoms in total. The Morgan fingerprint density at radius 1 is 1.08 bits per heavy atom. The number of nitrogens with zero attached hydrogens (tertiary/aromatic N) is 1. The molecule has 2 aromatic rings. The molecule has 6 heteroatoms. The van der Waals surface area contributed by atoms with Crippen molar-refractivity contribution in [2.24, 2.45) is 0 Å². The van der Waals surface area contributed by atoms with Crippen LogP contribution in [-0.4, -0.2) is 42.1 Å². The molecule has 2 aromatic carbocycles. The maximum Gasteiger partial charge on any atom is 0.314 e. The van der Waals surface area contributed by atoms with E-state index in [4.69, 9.17) is 16.3 Å². The molecule has 1 amide bonds. The van der Waals surface area contributed by atoms with Crippen LogP contribution in [0.4, 0.5) is 0 Å². The van der Waals surface area contributed by atoms with Gasteiger partial charge in [0.25, 0.3) is 5.91 Å². The largest absolute Gasteiger partial charge is 0.496 e. The van der Waals surface area contributed by atoms with Crippen LogP contribution in [0.3, 0.4) is 0 Å². The van der Waals surface area contributed by atoms with Gasteiger partial charge in [-0.3, -0.25) is 9.59 Å². The number of amides is 1. The average molecular weight is 374 g/mol. The lowest BCUT2D eigenvalue weighted by atomic mass is 9.72. The molecule has 1 heterocycles. The van der Waals surface area contributed by atoms with Gasteiger partial charge in [0.2, 0.25) is 0 Å². The Morgan fingerprint density at radius 2 is 1.73 bits per heavy atom. The summed E-state index contributed by atoms with van der Waals surface area (Å²) in [6.45, 7) is 0.683. The van der Waals surface area contributed by atoms with E-state index in [-0.39, 0.29) is 5.91 Å². The van der Waals surface area contributed by atoms with Gasteiger partial charge in [0.1, 0.15) is 11.3 Å². The molecule has 1 saturated heterocycles. The number of carboxylic acid groups (broad SMARTS) is 1. The van der Waals surface area contributed by atoms with Crippen LogP contribution in [0.1, 0.15) is 28.8 Å². The zero-order valence-corrected chi connectivity index (χ0v) is 15.2. The second-order valence-corrected chi connectivity index (χ2v) is 6.77. The predicted octanol–water partition coefficient (Wildman–Crippen LogP) is 3.61. The van der Waals surface area contributed by atoms with Gasteiger partial charge in [-0.05, 0) is 30.5 Å². The minimum atomic E-state index is -0.970. The average Bonchev–Trinajstić information content (AvgIpc) is 2.67. The predicted molar refractivity (Wildman–Crippen MR) is 98.9 cm³/mol. The summed E-state index contributed by atoms with van der Waals surface area (Å²) in [5.41, 5.74) is 0.122. The van der Waals surface area contributed by atoms with Crippen LogP contribution in [0.5, 0.6) is 5.75 Å². The first kappa shape index (κ1) is 18.3. The molecule has 0 bridgehead atoms. The van der Waals surface area contributed by atoms with Crippen molar-refractivity contribution in [3.8, 4) is 5.75 Å². The van der Waals surface area contributed by atoms with Crippen LogP contribution >= 0.6 is 11.6 Å². The van der Waals surface area contributed by atoms with E-state index in [9.17, 15) is 14.7 Å². The molecule has 0 spiro atoms. The maximum atomic E-state index is 12.9. The Morgan fingerprint density at radius 3 is 2.31 bits per heavy atom. The van der Waals surface area contributed by atoms with Crippen LogP contribution in [-0.2, 0) is 10.2 Å². The van der Waals surface area contributed by atoms with E-state index in [0.717, 1.165) is 5.56 Å². The molecule has 3 rings (SSSR count). The minimum Gasteiger partial charge on any atom is -0.496 e. The number of benzene rings is 2.